The van der Waals surface area contributed by atoms with Crippen LogP contribution in [0.3, 0.4) is 0 Å². The van der Waals surface area contributed by atoms with Gasteiger partial charge in [0.05, 0.1) is 5.56 Å². The van der Waals surface area contributed by atoms with Gasteiger partial charge < -0.3 is 10.3 Å². The van der Waals surface area contributed by atoms with Gasteiger partial charge in [0.15, 0.2) is 5.82 Å². The fourth-order valence-electron chi connectivity index (χ4n) is 3.91. The van der Waals surface area contributed by atoms with Crippen molar-refractivity contribution in [2.24, 2.45) is 11.8 Å². The minimum atomic E-state index is 0.497. The monoisotopic (exact) mass is 269 g/mol. The van der Waals surface area contributed by atoms with Crippen LogP contribution in [0, 0.1) is 18.8 Å². The third kappa shape index (κ3) is 1.82. The highest BCUT2D eigenvalue weighted by atomic mass is 16.5. The van der Waals surface area contributed by atoms with E-state index in [1.807, 2.05) is 25.1 Å². The number of aromatic nitrogens is 2. The van der Waals surface area contributed by atoms with Crippen molar-refractivity contribution in [3.8, 4) is 11.5 Å². The molecule has 1 heterocycles. The van der Waals surface area contributed by atoms with Crippen LogP contribution in [0.2, 0.25) is 0 Å². The molecule has 2 aromatic rings. The fraction of sp³-hybridized carbons (Fsp3) is 0.500. The molecule has 2 N–H and O–H groups in total. The minimum absolute atomic E-state index is 0.497. The van der Waals surface area contributed by atoms with Crippen molar-refractivity contribution in [3.63, 3.8) is 0 Å². The number of nitrogens with zero attached hydrogens (tertiary/aromatic N) is 2. The third-order valence-electron chi connectivity index (χ3n) is 4.95. The maximum absolute atomic E-state index is 6.02. The van der Waals surface area contributed by atoms with Gasteiger partial charge in [0.1, 0.15) is 0 Å². The maximum Gasteiger partial charge on any atom is 0.260 e. The normalized spacial score (nSPS) is 28.1. The highest BCUT2D eigenvalue weighted by molar-refractivity contribution is 5.71. The lowest BCUT2D eigenvalue weighted by molar-refractivity contribution is 0.372. The summed E-state index contributed by atoms with van der Waals surface area (Å²) < 4.78 is 5.47. The standard InChI is InChI=1S/C16H19N3O/c1-9-2-5-14(17)13(6-9)16-18-15(19-20-16)12-8-10-3-4-11(12)7-10/h2,5-6,10-12H,3-4,7-8,17H2,1H3. The Bertz CT molecular complexity index is 649. The van der Waals surface area contributed by atoms with Crippen molar-refractivity contribution >= 4 is 5.69 Å². The lowest BCUT2D eigenvalue weighted by Crippen LogP contribution is -2.09. The second kappa shape index (κ2) is 4.33. The Kier molecular flexibility index (Phi) is 2.59. The quantitative estimate of drug-likeness (QED) is 0.847. The summed E-state index contributed by atoms with van der Waals surface area (Å²) in [6, 6.07) is 5.89. The van der Waals surface area contributed by atoms with Crippen LogP contribution in [0.4, 0.5) is 5.69 Å². The molecule has 2 bridgehead atoms. The maximum atomic E-state index is 6.02. The Hall–Kier alpha value is -1.84. The molecule has 0 aliphatic heterocycles. The SMILES string of the molecule is Cc1ccc(N)c(-c2nc(C3CC4CCC3C4)no2)c1. The number of nitrogen functional groups attached to an aromatic ring is 1. The summed E-state index contributed by atoms with van der Waals surface area (Å²) in [5.41, 5.74) is 8.71. The van der Waals surface area contributed by atoms with Crippen molar-refractivity contribution in [1.29, 1.82) is 0 Å². The Morgan fingerprint density at radius 2 is 2.15 bits per heavy atom. The van der Waals surface area contributed by atoms with E-state index >= 15 is 0 Å². The average Bonchev–Trinajstić information content (AvgIpc) is 3.15. The molecule has 4 heteroatoms. The molecule has 2 aliphatic carbocycles. The fourth-order valence-corrected chi connectivity index (χ4v) is 3.91. The number of hydrogen-bond acceptors (Lipinski definition) is 4. The van der Waals surface area contributed by atoms with Crippen molar-refractivity contribution in [3.05, 3.63) is 29.6 Å². The molecule has 0 spiro atoms. The van der Waals surface area contributed by atoms with Gasteiger partial charge in [-0.25, -0.2) is 0 Å². The molecule has 0 radical (unpaired) electrons. The Labute approximate surface area is 118 Å². The number of fused-ring (bicyclic) bond motifs is 2. The van der Waals surface area contributed by atoms with Gasteiger partial charge in [0.25, 0.3) is 5.89 Å². The molecule has 3 unspecified atom stereocenters. The second-order valence-electron chi connectivity index (χ2n) is 6.33. The van der Waals surface area contributed by atoms with Gasteiger partial charge in [-0.15, -0.1) is 0 Å². The number of anilines is 1. The van der Waals surface area contributed by atoms with Gasteiger partial charge in [-0.3, -0.25) is 0 Å². The summed E-state index contributed by atoms with van der Waals surface area (Å²) in [6.45, 7) is 2.04. The molecule has 20 heavy (non-hydrogen) atoms. The lowest BCUT2D eigenvalue weighted by Gasteiger charge is -2.17. The van der Waals surface area contributed by atoms with Gasteiger partial charge in [-0.2, -0.15) is 4.98 Å². The topological polar surface area (TPSA) is 64.9 Å². The number of nitrogens with two attached hydrogens (primary N) is 1. The first-order chi connectivity index (χ1) is 9.70. The summed E-state index contributed by atoms with van der Waals surface area (Å²) in [4.78, 5) is 4.63. The highest BCUT2D eigenvalue weighted by Gasteiger charge is 2.42. The molecule has 2 aliphatic rings. The second-order valence-corrected chi connectivity index (χ2v) is 6.33. The Balaban J connectivity index is 1.66. The van der Waals surface area contributed by atoms with Gasteiger partial charge in [-0.05, 0) is 50.2 Å². The van der Waals surface area contributed by atoms with E-state index in [4.69, 9.17) is 10.3 Å². The molecule has 2 saturated carbocycles. The van der Waals surface area contributed by atoms with Crippen LogP contribution in [0.5, 0.6) is 0 Å². The minimum Gasteiger partial charge on any atom is -0.398 e. The number of aryl methyl sites for hydroxylation is 1. The van der Waals surface area contributed by atoms with Crippen molar-refractivity contribution in [2.45, 2.75) is 38.5 Å². The first kappa shape index (κ1) is 11.9. The van der Waals surface area contributed by atoms with E-state index in [2.05, 4.69) is 10.1 Å². The molecule has 2 fully saturated rings. The van der Waals surface area contributed by atoms with E-state index in [0.717, 1.165) is 28.8 Å². The van der Waals surface area contributed by atoms with Gasteiger partial charge in [-0.1, -0.05) is 23.2 Å². The first-order valence-electron chi connectivity index (χ1n) is 7.41. The summed E-state index contributed by atoms with van der Waals surface area (Å²) in [7, 11) is 0. The zero-order valence-electron chi connectivity index (χ0n) is 11.7. The zero-order valence-corrected chi connectivity index (χ0v) is 11.7. The van der Waals surface area contributed by atoms with Crippen LogP contribution in [-0.2, 0) is 0 Å². The number of hydrogen-bond donors (Lipinski definition) is 1. The predicted octanol–water partition coefficient (Wildman–Crippen LogP) is 3.53. The molecule has 4 rings (SSSR count). The summed E-state index contributed by atoms with van der Waals surface area (Å²) in [6.07, 6.45) is 5.29. The van der Waals surface area contributed by atoms with Crippen LogP contribution in [0.25, 0.3) is 11.5 Å². The molecular weight excluding hydrogens is 250 g/mol. The van der Waals surface area contributed by atoms with E-state index in [1.54, 1.807) is 0 Å². The lowest BCUT2D eigenvalue weighted by atomic mass is 9.88. The molecule has 0 saturated heterocycles. The molecular formula is C16H19N3O. The zero-order chi connectivity index (χ0) is 13.7. The van der Waals surface area contributed by atoms with E-state index in [9.17, 15) is 0 Å². The Morgan fingerprint density at radius 3 is 2.90 bits per heavy atom. The van der Waals surface area contributed by atoms with Gasteiger partial charge >= 0.3 is 0 Å². The van der Waals surface area contributed by atoms with Crippen LogP contribution in [0.1, 0.15) is 43.0 Å². The van der Waals surface area contributed by atoms with E-state index < -0.39 is 0 Å². The summed E-state index contributed by atoms with van der Waals surface area (Å²) in [5, 5.41) is 4.22. The van der Waals surface area contributed by atoms with Crippen molar-refractivity contribution in [1.82, 2.24) is 10.1 Å². The highest BCUT2D eigenvalue weighted by Crippen LogP contribution is 2.52. The van der Waals surface area contributed by atoms with E-state index in [1.165, 1.54) is 25.7 Å². The average molecular weight is 269 g/mol. The summed E-state index contributed by atoms with van der Waals surface area (Å²) >= 11 is 0. The largest absolute Gasteiger partial charge is 0.398 e. The van der Waals surface area contributed by atoms with Crippen LogP contribution in [0.15, 0.2) is 22.7 Å². The van der Waals surface area contributed by atoms with Crippen molar-refractivity contribution in [2.75, 3.05) is 5.73 Å². The van der Waals surface area contributed by atoms with Gasteiger partial charge in [0, 0.05) is 11.6 Å². The molecule has 104 valence electrons. The number of benzene rings is 1. The molecule has 3 atom stereocenters. The predicted molar refractivity (Wildman–Crippen MR) is 77.1 cm³/mol. The van der Waals surface area contributed by atoms with Gasteiger partial charge in [0.2, 0.25) is 0 Å². The molecule has 0 amide bonds. The van der Waals surface area contributed by atoms with Crippen LogP contribution < -0.4 is 5.73 Å². The Morgan fingerprint density at radius 1 is 1.25 bits per heavy atom. The first-order valence-corrected chi connectivity index (χ1v) is 7.41. The number of rotatable bonds is 2. The van der Waals surface area contributed by atoms with Crippen LogP contribution >= 0.6 is 0 Å². The molecule has 4 nitrogen and oxygen atoms in total. The van der Waals surface area contributed by atoms with E-state index in [-0.39, 0.29) is 0 Å². The third-order valence-corrected chi connectivity index (χ3v) is 4.95. The van der Waals surface area contributed by atoms with E-state index in [0.29, 0.717) is 17.5 Å². The molecule has 1 aromatic carbocycles. The van der Waals surface area contributed by atoms with Crippen molar-refractivity contribution < 1.29 is 4.52 Å². The summed E-state index contributed by atoms with van der Waals surface area (Å²) in [5.74, 6) is 3.59. The molecule has 1 aromatic heterocycles. The van der Waals surface area contributed by atoms with Crippen LogP contribution in [-0.4, -0.2) is 10.1 Å². The smallest absolute Gasteiger partial charge is 0.260 e.